The predicted octanol–water partition coefficient (Wildman–Crippen LogP) is 5.97. The van der Waals surface area contributed by atoms with Crippen LogP contribution >= 0.6 is 11.6 Å². The van der Waals surface area contributed by atoms with Crippen LogP contribution < -0.4 is 10.6 Å². The maximum Gasteiger partial charge on any atom is 0.418 e. The molecular formula is C22H23ClF4N2O5. The number of nitrogens with one attached hydrogen (secondary N) is 2. The summed E-state index contributed by atoms with van der Waals surface area (Å²) in [7, 11) is 1.35. The van der Waals surface area contributed by atoms with Crippen LogP contribution in [0.2, 0.25) is 5.02 Å². The quantitative estimate of drug-likeness (QED) is 0.345. The Morgan fingerprint density at radius 2 is 1.79 bits per heavy atom. The molecule has 0 aromatic heterocycles. The summed E-state index contributed by atoms with van der Waals surface area (Å²) in [5.41, 5.74) is -0.624. The zero-order valence-corrected chi connectivity index (χ0v) is 19.0. The third-order valence-corrected chi connectivity index (χ3v) is 4.91. The molecule has 3 N–H and O–H groups in total. The zero-order chi connectivity index (χ0) is 25.5. The van der Waals surface area contributed by atoms with Crippen molar-refractivity contribution in [2.24, 2.45) is 0 Å². The number of urea groups is 1. The van der Waals surface area contributed by atoms with Gasteiger partial charge in [-0.25, -0.2) is 9.18 Å². The fourth-order valence-corrected chi connectivity index (χ4v) is 3.40. The number of halogens is 5. The van der Waals surface area contributed by atoms with Crippen LogP contribution in [-0.2, 0) is 14.3 Å². The number of methoxy groups -OCH3 is 1. The molecule has 0 fully saturated rings. The van der Waals surface area contributed by atoms with E-state index in [1.807, 2.05) is 0 Å². The Morgan fingerprint density at radius 3 is 2.35 bits per heavy atom. The van der Waals surface area contributed by atoms with Crippen molar-refractivity contribution < 1.29 is 41.7 Å². The normalized spacial score (nSPS) is 13.3. The summed E-state index contributed by atoms with van der Waals surface area (Å²) in [4.78, 5) is 23.7. The SMILES string of the molecule is CCO[C@@H](c1ccc(C(COC)CC(=O)O)cc1NC(=O)Nc1ccc(Cl)cc1F)C(F)(F)F. The maximum absolute atomic E-state index is 14.0. The van der Waals surface area contributed by atoms with Crippen molar-refractivity contribution in [1.82, 2.24) is 0 Å². The number of rotatable bonds is 10. The van der Waals surface area contributed by atoms with Gasteiger partial charge in [0.15, 0.2) is 6.10 Å². The highest BCUT2D eigenvalue weighted by atomic mass is 35.5. The molecular weight excluding hydrogens is 484 g/mol. The number of hydrogen-bond acceptors (Lipinski definition) is 4. The van der Waals surface area contributed by atoms with E-state index in [2.05, 4.69) is 10.6 Å². The number of anilines is 2. The third-order valence-electron chi connectivity index (χ3n) is 4.68. The molecule has 0 aliphatic rings. The smallest absolute Gasteiger partial charge is 0.418 e. The van der Waals surface area contributed by atoms with Gasteiger partial charge in [-0.15, -0.1) is 0 Å². The number of carbonyl (C=O) groups excluding carboxylic acids is 1. The van der Waals surface area contributed by atoms with Gasteiger partial charge in [0.1, 0.15) is 5.82 Å². The van der Waals surface area contributed by atoms with Gasteiger partial charge in [-0.3, -0.25) is 4.79 Å². The summed E-state index contributed by atoms with van der Waals surface area (Å²) < 4.78 is 65.0. The van der Waals surface area contributed by atoms with Crippen molar-refractivity contribution in [3.63, 3.8) is 0 Å². The molecule has 2 aromatic rings. The van der Waals surface area contributed by atoms with Gasteiger partial charge in [0.25, 0.3) is 0 Å². The van der Waals surface area contributed by atoms with Crippen molar-refractivity contribution in [3.8, 4) is 0 Å². The van der Waals surface area contributed by atoms with E-state index < -0.39 is 41.6 Å². The first-order valence-electron chi connectivity index (χ1n) is 10.0. The van der Waals surface area contributed by atoms with E-state index in [-0.39, 0.29) is 36.0 Å². The summed E-state index contributed by atoms with van der Waals surface area (Å²) in [6.07, 6.45) is -7.53. The van der Waals surface area contributed by atoms with Gasteiger partial charge in [-0.1, -0.05) is 23.7 Å². The van der Waals surface area contributed by atoms with Crippen LogP contribution in [0.25, 0.3) is 0 Å². The summed E-state index contributed by atoms with van der Waals surface area (Å²) in [6.45, 7) is 1.10. The standard InChI is InChI=1S/C22H23ClF4N2O5/c1-3-34-20(22(25,26)27)15-6-4-12(13(11-33-2)9-19(30)31)8-18(15)29-21(32)28-17-7-5-14(23)10-16(17)24/h4-8,10,13,20H,3,9,11H2,1-2H3,(H,30,31)(H2,28,29,32)/t13?,20-/m0/s1. The first kappa shape index (κ1) is 27.4. The molecule has 0 saturated heterocycles. The van der Waals surface area contributed by atoms with Gasteiger partial charge < -0.3 is 25.2 Å². The van der Waals surface area contributed by atoms with E-state index in [0.717, 1.165) is 12.1 Å². The molecule has 0 bridgehead atoms. The van der Waals surface area contributed by atoms with E-state index in [9.17, 15) is 27.2 Å². The molecule has 0 radical (unpaired) electrons. The molecule has 1 unspecified atom stereocenters. The lowest BCUT2D eigenvalue weighted by Crippen LogP contribution is -2.27. The lowest BCUT2D eigenvalue weighted by Gasteiger charge is -2.25. The number of carboxylic acids is 1. The predicted molar refractivity (Wildman–Crippen MR) is 118 cm³/mol. The van der Waals surface area contributed by atoms with Crippen LogP contribution in [0.4, 0.5) is 33.7 Å². The largest absolute Gasteiger partial charge is 0.481 e. The number of aliphatic carboxylic acids is 1. The highest BCUT2D eigenvalue weighted by Crippen LogP contribution is 2.40. The van der Waals surface area contributed by atoms with Gasteiger partial charge >= 0.3 is 18.2 Å². The molecule has 186 valence electrons. The lowest BCUT2D eigenvalue weighted by atomic mass is 9.93. The fourth-order valence-electron chi connectivity index (χ4n) is 3.24. The summed E-state index contributed by atoms with van der Waals surface area (Å²) >= 11 is 5.68. The molecule has 0 aliphatic heterocycles. The van der Waals surface area contributed by atoms with Gasteiger partial charge in [0, 0.05) is 35.9 Å². The molecule has 2 amide bonds. The molecule has 7 nitrogen and oxygen atoms in total. The van der Waals surface area contributed by atoms with Crippen LogP contribution in [0.5, 0.6) is 0 Å². The van der Waals surface area contributed by atoms with Gasteiger partial charge in [0.2, 0.25) is 0 Å². The van der Waals surface area contributed by atoms with Crippen LogP contribution in [0.1, 0.15) is 36.5 Å². The van der Waals surface area contributed by atoms with Crippen molar-refractivity contribution in [1.29, 1.82) is 0 Å². The fraction of sp³-hybridized carbons (Fsp3) is 0.364. The van der Waals surface area contributed by atoms with Crippen molar-refractivity contribution in [2.75, 3.05) is 31.0 Å². The lowest BCUT2D eigenvalue weighted by molar-refractivity contribution is -0.222. The van der Waals surface area contributed by atoms with Crippen LogP contribution in [-0.4, -0.2) is 43.6 Å². The summed E-state index contributed by atoms with van der Waals surface area (Å²) in [5, 5.41) is 13.7. The minimum Gasteiger partial charge on any atom is -0.481 e. The second-order valence-electron chi connectivity index (χ2n) is 7.18. The van der Waals surface area contributed by atoms with Gasteiger partial charge in [0.05, 0.1) is 18.7 Å². The van der Waals surface area contributed by atoms with E-state index in [0.29, 0.717) is 5.56 Å². The highest BCUT2D eigenvalue weighted by Gasteiger charge is 2.43. The minimum absolute atomic E-state index is 0.0264. The number of hydrogen-bond donors (Lipinski definition) is 3. The van der Waals surface area contributed by atoms with E-state index >= 15 is 0 Å². The van der Waals surface area contributed by atoms with Gasteiger partial charge in [-0.2, -0.15) is 13.2 Å². The Hall–Kier alpha value is -2.89. The average Bonchev–Trinajstić information content (AvgIpc) is 2.73. The maximum atomic E-state index is 14.0. The molecule has 2 atom stereocenters. The van der Waals surface area contributed by atoms with E-state index in [4.69, 9.17) is 26.2 Å². The van der Waals surface area contributed by atoms with E-state index in [1.165, 1.54) is 38.3 Å². The Morgan fingerprint density at radius 1 is 1.12 bits per heavy atom. The second-order valence-corrected chi connectivity index (χ2v) is 7.61. The first-order valence-corrected chi connectivity index (χ1v) is 10.4. The molecule has 0 aliphatic carbocycles. The molecule has 34 heavy (non-hydrogen) atoms. The third kappa shape index (κ3) is 7.57. The Labute approximate surface area is 198 Å². The topological polar surface area (TPSA) is 96.9 Å². The summed E-state index contributed by atoms with van der Waals surface area (Å²) in [5.74, 6) is -2.69. The van der Waals surface area contributed by atoms with Crippen molar-refractivity contribution >= 4 is 35.0 Å². The monoisotopic (exact) mass is 506 g/mol. The number of carbonyl (C=O) groups is 2. The molecule has 12 heteroatoms. The summed E-state index contributed by atoms with van der Waals surface area (Å²) in [6, 6.07) is 6.08. The Bertz CT molecular complexity index is 1020. The van der Waals surface area contributed by atoms with Crippen LogP contribution in [0, 0.1) is 5.82 Å². The molecule has 2 aromatic carbocycles. The van der Waals surface area contributed by atoms with Gasteiger partial charge in [-0.05, 0) is 36.8 Å². The number of amides is 2. The van der Waals surface area contributed by atoms with E-state index in [1.54, 1.807) is 0 Å². The second kappa shape index (κ2) is 12.0. The number of alkyl halides is 3. The zero-order valence-electron chi connectivity index (χ0n) is 18.2. The average molecular weight is 507 g/mol. The Kier molecular flexibility index (Phi) is 9.66. The molecule has 0 spiro atoms. The van der Waals surface area contributed by atoms with Crippen molar-refractivity contribution in [3.05, 3.63) is 58.4 Å². The number of carboxylic acid groups (broad SMARTS) is 1. The Balaban J connectivity index is 2.47. The van der Waals surface area contributed by atoms with Crippen molar-refractivity contribution in [2.45, 2.75) is 31.5 Å². The van der Waals surface area contributed by atoms with Crippen LogP contribution in [0.3, 0.4) is 0 Å². The number of benzene rings is 2. The number of ether oxygens (including phenoxy) is 2. The minimum atomic E-state index is -4.81. The highest BCUT2D eigenvalue weighted by molar-refractivity contribution is 6.30. The molecule has 0 heterocycles. The molecule has 0 saturated carbocycles. The van der Waals surface area contributed by atoms with Crippen LogP contribution in [0.15, 0.2) is 36.4 Å². The molecule has 2 rings (SSSR count). The first-order chi connectivity index (χ1) is 16.0.